The molecule has 1 unspecified atom stereocenters. The van der Waals surface area contributed by atoms with E-state index in [1.165, 1.54) is 11.8 Å². The van der Waals surface area contributed by atoms with E-state index in [0.717, 1.165) is 16.9 Å². The average molecular weight is 572 g/mol. The molecule has 5 rings (SSSR count). The second-order valence-electron chi connectivity index (χ2n) is 9.38. The first-order valence-corrected chi connectivity index (χ1v) is 14.3. The number of pyridine rings is 1. The molecule has 0 saturated heterocycles. The summed E-state index contributed by atoms with van der Waals surface area (Å²) in [6.07, 6.45) is 0. The van der Waals surface area contributed by atoms with Crippen LogP contribution in [0, 0.1) is 11.3 Å². The fourth-order valence-electron chi connectivity index (χ4n) is 4.67. The van der Waals surface area contributed by atoms with Crippen molar-refractivity contribution in [3.8, 4) is 40.0 Å². The Morgan fingerprint density at radius 2 is 1.40 bits per heavy atom. The number of para-hydroxylation sites is 2. The lowest BCUT2D eigenvalue weighted by Crippen LogP contribution is -2.32. The van der Waals surface area contributed by atoms with Crippen LogP contribution < -0.4 is 14.4 Å². The SMILES string of the molecule is COc1ccc(OC)c(-c2cc(-c3ccccc3)nc(SC(C)C(=O)N(c3ccccc3)c3ccccc3)c2C#N)c1. The highest BCUT2D eigenvalue weighted by Gasteiger charge is 2.27. The molecular weight excluding hydrogens is 542 g/mol. The van der Waals surface area contributed by atoms with Crippen molar-refractivity contribution in [3.63, 3.8) is 0 Å². The van der Waals surface area contributed by atoms with E-state index in [4.69, 9.17) is 14.5 Å². The number of nitrogens with zero attached hydrogens (tertiary/aromatic N) is 3. The number of methoxy groups -OCH3 is 2. The second-order valence-corrected chi connectivity index (χ2v) is 10.7. The summed E-state index contributed by atoms with van der Waals surface area (Å²) in [6.45, 7) is 1.84. The lowest BCUT2D eigenvalue weighted by atomic mass is 9.98. The first-order chi connectivity index (χ1) is 20.5. The van der Waals surface area contributed by atoms with Gasteiger partial charge in [0.25, 0.3) is 0 Å². The van der Waals surface area contributed by atoms with Gasteiger partial charge in [-0.15, -0.1) is 0 Å². The molecule has 1 heterocycles. The minimum absolute atomic E-state index is 0.131. The maximum Gasteiger partial charge on any atom is 0.244 e. The molecule has 6 nitrogen and oxygen atoms in total. The summed E-state index contributed by atoms with van der Waals surface area (Å²) in [5.41, 5.74) is 4.79. The van der Waals surface area contributed by atoms with Crippen LogP contribution in [-0.2, 0) is 4.79 Å². The molecule has 7 heteroatoms. The Labute approximate surface area is 250 Å². The van der Waals surface area contributed by atoms with Crippen LogP contribution in [0.4, 0.5) is 11.4 Å². The number of amides is 1. The number of aromatic nitrogens is 1. The van der Waals surface area contributed by atoms with Gasteiger partial charge in [0.1, 0.15) is 22.6 Å². The molecule has 42 heavy (non-hydrogen) atoms. The quantitative estimate of drug-likeness (QED) is 0.166. The molecule has 0 radical (unpaired) electrons. The lowest BCUT2D eigenvalue weighted by Gasteiger charge is -2.26. The van der Waals surface area contributed by atoms with E-state index in [0.29, 0.717) is 38.9 Å². The van der Waals surface area contributed by atoms with Crippen molar-refractivity contribution in [3.05, 3.63) is 121 Å². The predicted octanol–water partition coefficient (Wildman–Crippen LogP) is 8.15. The maximum atomic E-state index is 14.1. The van der Waals surface area contributed by atoms with Crippen molar-refractivity contribution in [2.45, 2.75) is 17.2 Å². The number of benzene rings is 4. The minimum Gasteiger partial charge on any atom is -0.497 e. The molecule has 0 aliphatic heterocycles. The summed E-state index contributed by atoms with van der Waals surface area (Å²) in [5, 5.41) is 10.3. The van der Waals surface area contributed by atoms with Crippen molar-refractivity contribution in [2.75, 3.05) is 19.1 Å². The van der Waals surface area contributed by atoms with Crippen LogP contribution in [0.1, 0.15) is 12.5 Å². The number of hydrogen-bond acceptors (Lipinski definition) is 6. The summed E-state index contributed by atoms with van der Waals surface area (Å²) < 4.78 is 11.2. The van der Waals surface area contributed by atoms with Crippen LogP contribution in [0.3, 0.4) is 0 Å². The third-order valence-corrected chi connectivity index (χ3v) is 7.82. The topological polar surface area (TPSA) is 75.5 Å². The first kappa shape index (κ1) is 28.5. The highest BCUT2D eigenvalue weighted by molar-refractivity contribution is 8.00. The van der Waals surface area contributed by atoms with Gasteiger partial charge in [-0.25, -0.2) is 4.98 Å². The highest BCUT2D eigenvalue weighted by atomic mass is 32.2. The van der Waals surface area contributed by atoms with Gasteiger partial charge in [-0.3, -0.25) is 9.69 Å². The summed E-state index contributed by atoms with van der Waals surface area (Å²) in [4.78, 5) is 20.7. The van der Waals surface area contributed by atoms with Gasteiger partial charge in [-0.05, 0) is 55.5 Å². The van der Waals surface area contributed by atoms with E-state index >= 15 is 0 Å². The smallest absolute Gasteiger partial charge is 0.244 e. The van der Waals surface area contributed by atoms with E-state index in [1.54, 1.807) is 19.1 Å². The van der Waals surface area contributed by atoms with E-state index in [9.17, 15) is 10.1 Å². The predicted molar refractivity (Wildman–Crippen MR) is 168 cm³/mol. The zero-order valence-corrected chi connectivity index (χ0v) is 24.3. The minimum atomic E-state index is -0.573. The standard InChI is InChI=1S/C35H29N3O3S/c1-24(35(39)38(26-15-9-5-10-16-26)27-17-11-6-12-18-27)42-34-31(23-36)29(22-32(37-34)25-13-7-4-8-14-25)30-21-28(40-2)19-20-33(30)41-3/h4-22,24H,1-3H3. The van der Waals surface area contributed by atoms with Gasteiger partial charge in [0.15, 0.2) is 0 Å². The van der Waals surface area contributed by atoms with Crippen molar-refractivity contribution in [1.82, 2.24) is 4.98 Å². The van der Waals surface area contributed by atoms with Crippen molar-refractivity contribution < 1.29 is 14.3 Å². The van der Waals surface area contributed by atoms with Gasteiger partial charge in [-0.1, -0.05) is 78.5 Å². The Hall–Kier alpha value is -5.06. The number of thioether (sulfide) groups is 1. The van der Waals surface area contributed by atoms with E-state index in [-0.39, 0.29) is 5.91 Å². The van der Waals surface area contributed by atoms with Gasteiger partial charge >= 0.3 is 0 Å². The van der Waals surface area contributed by atoms with Crippen molar-refractivity contribution in [1.29, 1.82) is 5.26 Å². The Balaban J connectivity index is 1.63. The summed E-state index contributed by atoms with van der Waals surface area (Å²) >= 11 is 1.26. The largest absolute Gasteiger partial charge is 0.497 e. The van der Waals surface area contributed by atoms with Crippen molar-refractivity contribution in [2.24, 2.45) is 0 Å². The molecule has 0 aliphatic carbocycles. The number of rotatable bonds is 9. The second kappa shape index (κ2) is 13.1. The number of anilines is 2. The molecule has 0 aliphatic rings. The summed E-state index contributed by atoms with van der Waals surface area (Å²) in [6, 6.07) is 38.6. The Bertz CT molecular complexity index is 1680. The third-order valence-electron chi connectivity index (χ3n) is 6.75. The molecular formula is C35H29N3O3S. The van der Waals surface area contributed by atoms with Crippen LogP contribution >= 0.6 is 11.8 Å². The van der Waals surface area contributed by atoms with Crippen LogP contribution in [0.25, 0.3) is 22.4 Å². The van der Waals surface area contributed by atoms with Crippen LogP contribution in [0.2, 0.25) is 0 Å². The van der Waals surface area contributed by atoms with Gasteiger partial charge in [0.2, 0.25) is 5.91 Å². The van der Waals surface area contributed by atoms with Crippen LogP contribution in [-0.4, -0.2) is 30.4 Å². The average Bonchev–Trinajstić information content (AvgIpc) is 3.05. The van der Waals surface area contributed by atoms with E-state index in [2.05, 4.69) is 6.07 Å². The fraction of sp³-hybridized carbons (Fsp3) is 0.114. The monoisotopic (exact) mass is 571 g/mol. The third kappa shape index (κ3) is 5.99. The summed E-state index contributed by atoms with van der Waals surface area (Å²) in [5.74, 6) is 1.09. The maximum absolute atomic E-state index is 14.1. The van der Waals surface area contributed by atoms with Gasteiger partial charge in [0, 0.05) is 28.1 Å². The molecule has 4 aromatic carbocycles. The van der Waals surface area contributed by atoms with E-state index < -0.39 is 5.25 Å². The fourth-order valence-corrected chi connectivity index (χ4v) is 5.63. The van der Waals surface area contributed by atoms with Gasteiger partial charge < -0.3 is 9.47 Å². The number of ether oxygens (including phenoxy) is 2. The Kier molecular flexibility index (Phi) is 8.86. The number of carbonyl (C=O) groups is 1. The molecule has 1 atom stereocenters. The van der Waals surface area contributed by atoms with Crippen LogP contribution in [0.15, 0.2) is 120 Å². The molecule has 208 valence electrons. The molecule has 0 spiro atoms. The van der Waals surface area contributed by atoms with Gasteiger partial charge in [-0.2, -0.15) is 5.26 Å². The van der Waals surface area contributed by atoms with E-state index in [1.807, 2.05) is 122 Å². The molecule has 0 N–H and O–H groups in total. The van der Waals surface area contributed by atoms with Crippen molar-refractivity contribution >= 4 is 29.0 Å². The normalized spacial score (nSPS) is 11.3. The molecule has 0 bridgehead atoms. The van der Waals surface area contributed by atoms with Crippen LogP contribution in [0.5, 0.6) is 11.5 Å². The molecule has 0 saturated carbocycles. The Morgan fingerprint density at radius 3 is 1.95 bits per heavy atom. The van der Waals surface area contributed by atoms with Gasteiger partial charge in [0.05, 0.1) is 30.7 Å². The first-order valence-electron chi connectivity index (χ1n) is 13.4. The molecule has 0 fully saturated rings. The lowest BCUT2D eigenvalue weighted by molar-refractivity contribution is -0.117. The number of hydrogen-bond donors (Lipinski definition) is 0. The number of nitriles is 1. The highest BCUT2D eigenvalue weighted by Crippen LogP contribution is 2.41. The summed E-state index contributed by atoms with van der Waals surface area (Å²) in [7, 11) is 3.19. The zero-order chi connectivity index (χ0) is 29.5. The number of carbonyl (C=O) groups excluding carboxylic acids is 1. The Morgan fingerprint density at radius 1 is 0.810 bits per heavy atom. The molecule has 1 amide bonds. The zero-order valence-electron chi connectivity index (χ0n) is 23.5. The molecule has 1 aromatic heterocycles. The molecule has 5 aromatic rings.